The molecule has 2 aromatic rings. The van der Waals surface area contributed by atoms with Crippen LogP contribution in [0.5, 0.6) is 0 Å². The van der Waals surface area contributed by atoms with Gasteiger partial charge in [0.05, 0.1) is 0 Å². The largest absolute Gasteiger partial charge is 0.340 e. The maximum absolute atomic E-state index is 5.82. The van der Waals surface area contributed by atoms with Crippen molar-refractivity contribution >= 4 is 39.0 Å². The predicted octanol–water partition coefficient (Wildman–Crippen LogP) is 4.55. The number of halogens is 2. The zero-order chi connectivity index (χ0) is 11.5. The first-order chi connectivity index (χ1) is 7.65. The van der Waals surface area contributed by atoms with Gasteiger partial charge >= 0.3 is 0 Å². The molecule has 0 aliphatic heterocycles. The van der Waals surface area contributed by atoms with Crippen LogP contribution in [0.15, 0.2) is 40.9 Å². The van der Waals surface area contributed by atoms with Crippen LogP contribution in [0.1, 0.15) is 5.56 Å². The molecule has 0 atom stereocenters. The summed E-state index contributed by atoms with van der Waals surface area (Å²) in [6.07, 6.45) is 0. The third kappa shape index (κ3) is 2.74. The minimum absolute atomic E-state index is 0.484. The fourth-order valence-corrected chi connectivity index (χ4v) is 1.87. The number of benzene rings is 1. The first-order valence-electron chi connectivity index (χ1n) is 4.81. The van der Waals surface area contributed by atoms with Crippen molar-refractivity contribution in [1.82, 2.24) is 4.98 Å². The van der Waals surface area contributed by atoms with Crippen molar-refractivity contribution in [2.45, 2.75) is 6.92 Å². The molecule has 1 aromatic carbocycles. The second-order valence-corrected chi connectivity index (χ2v) is 4.73. The van der Waals surface area contributed by atoms with Crippen LogP contribution in [-0.2, 0) is 0 Å². The average Bonchev–Trinajstić information content (AvgIpc) is 2.24. The van der Waals surface area contributed by atoms with Crippen molar-refractivity contribution < 1.29 is 0 Å². The third-order valence-electron chi connectivity index (χ3n) is 2.18. The molecular weight excluding hydrogens is 288 g/mol. The average molecular weight is 298 g/mol. The first-order valence-corrected chi connectivity index (χ1v) is 5.98. The molecule has 2 rings (SSSR count). The highest BCUT2D eigenvalue weighted by atomic mass is 79.9. The van der Waals surface area contributed by atoms with Crippen LogP contribution in [0.3, 0.4) is 0 Å². The minimum Gasteiger partial charge on any atom is -0.340 e. The van der Waals surface area contributed by atoms with Crippen molar-refractivity contribution in [1.29, 1.82) is 0 Å². The second kappa shape index (κ2) is 4.85. The molecule has 0 unspecified atom stereocenters. The van der Waals surface area contributed by atoms with Crippen LogP contribution in [0.25, 0.3) is 0 Å². The van der Waals surface area contributed by atoms with Crippen molar-refractivity contribution in [3.05, 3.63) is 51.6 Å². The number of nitrogens with zero attached hydrogens (tertiary/aromatic N) is 1. The molecule has 82 valence electrons. The van der Waals surface area contributed by atoms with E-state index >= 15 is 0 Å². The Kier molecular flexibility index (Phi) is 3.46. The standard InChI is InChI=1S/C12H10BrClN2/c1-8-5-6-9(13)7-10(8)15-12-4-2-3-11(14)16-12/h2-7H,1H3,(H,15,16). The van der Waals surface area contributed by atoms with E-state index in [-0.39, 0.29) is 0 Å². The summed E-state index contributed by atoms with van der Waals surface area (Å²) in [5, 5.41) is 3.71. The summed E-state index contributed by atoms with van der Waals surface area (Å²) in [7, 11) is 0. The van der Waals surface area contributed by atoms with Crippen molar-refractivity contribution in [2.75, 3.05) is 5.32 Å². The lowest BCUT2D eigenvalue weighted by atomic mass is 10.2. The second-order valence-electron chi connectivity index (χ2n) is 3.43. The maximum Gasteiger partial charge on any atom is 0.132 e. The van der Waals surface area contributed by atoms with Gasteiger partial charge < -0.3 is 5.32 Å². The van der Waals surface area contributed by atoms with Gasteiger partial charge in [0.1, 0.15) is 11.0 Å². The molecule has 0 aliphatic carbocycles. The molecule has 0 saturated heterocycles. The summed E-state index contributed by atoms with van der Waals surface area (Å²) in [5.41, 5.74) is 2.18. The van der Waals surface area contributed by atoms with E-state index in [0.717, 1.165) is 21.5 Å². The Morgan fingerprint density at radius 1 is 1.25 bits per heavy atom. The lowest BCUT2D eigenvalue weighted by Crippen LogP contribution is -1.95. The van der Waals surface area contributed by atoms with Crippen LogP contribution in [0, 0.1) is 6.92 Å². The molecular formula is C12H10BrClN2. The van der Waals surface area contributed by atoms with Crippen molar-refractivity contribution in [3.63, 3.8) is 0 Å². The molecule has 0 radical (unpaired) electrons. The Morgan fingerprint density at radius 3 is 2.81 bits per heavy atom. The summed E-state index contributed by atoms with van der Waals surface area (Å²) in [6.45, 7) is 2.04. The number of aryl methyl sites for hydroxylation is 1. The fourth-order valence-electron chi connectivity index (χ4n) is 1.34. The van der Waals surface area contributed by atoms with E-state index in [4.69, 9.17) is 11.6 Å². The molecule has 4 heteroatoms. The van der Waals surface area contributed by atoms with Crippen LogP contribution >= 0.6 is 27.5 Å². The van der Waals surface area contributed by atoms with Gasteiger partial charge in [-0.1, -0.05) is 39.7 Å². The van der Waals surface area contributed by atoms with E-state index in [1.807, 2.05) is 37.3 Å². The van der Waals surface area contributed by atoms with Crippen molar-refractivity contribution in [2.24, 2.45) is 0 Å². The third-order valence-corrected chi connectivity index (χ3v) is 2.88. The Morgan fingerprint density at radius 2 is 2.06 bits per heavy atom. The SMILES string of the molecule is Cc1ccc(Br)cc1Nc1cccc(Cl)n1. The summed E-state index contributed by atoms with van der Waals surface area (Å²) in [5.74, 6) is 0.744. The van der Waals surface area contributed by atoms with E-state index in [1.165, 1.54) is 0 Å². The highest BCUT2D eigenvalue weighted by Crippen LogP contribution is 2.24. The van der Waals surface area contributed by atoms with E-state index in [1.54, 1.807) is 6.07 Å². The molecule has 0 aliphatic rings. The van der Waals surface area contributed by atoms with E-state index in [2.05, 4.69) is 26.2 Å². The van der Waals surface area contributed by atoms with Crippen molar-refractivity contribution in [3.8, 4) is 0 Å². The van der Waals surface area contributed by atoms with Crippen LogP contribution in [-0.4, -0.2) is 4.98 Å². The van der Waals surface area contributed by atoms with Gasteiger partial charge in [-0.3, -0.25) is 0 Å². The van der Waals surface area contributed by atoms with Crippen LogP contribution in [0.2, 0.25) is 5.15 Å². The molecule has 0 fully saturated rings. The zero-order valence-electron chi connectivity index (χ0n) is 8.67. The first kappa shape index (κ1) is 11.4. The maximum atomic E-state index is 5.82. The number of hydrogen-bond donors (Lipinski definition) is 1. The number of aromatic nitrogens is 1. The fraction of sp³-hybridized carbons (Fsp3) is 0.0833. The van der Waals surface area contributed by atoms with E-state index in [9.17, 15) is 0 Å². The van der Waals surface area contributed by atoms with Gasteiger partial charge in [-0.2, -0.15) is 0 Å². The van der Waals surface area contributed by atoms with Gasteiger partial charge in [-0.15, -0.1) is 0 Å². The monoisotopic (exact) mass is 296 g/mol. The Balaban J connectivity index is 2.30. The van der Waals surface area contributed by atoms with Crippen LogP contribution < -0.4 is 5.32 Å². The highest BCUT2D eigenvalue weighted by Gasteiger charge is 2.01. The Labute approximate surface area is 108 Å². The van der Waals surface area contributed by atoms with Gasteiger partial charge in [0.2, 0.25) is 0 Å². The van der Waals surface area contributed by atoms with Gasteiger partial charge in [0.15, 0.2) is 0 Å². The van der Waals surface area contributed by atoms with E-state index in [0.29, 0.717) is 5.15 Å². The topological polar surface area (TPSA) is 24.9 Å². The molecule has 0 spiro atoms. The quantitative estimate of drug-likeness (QED) is 0.823. The molecule has 1 aromatic heterocycles. The Hall–Kier alpha value is -1.06. The number of hydrogen-bond acceptors (Lipinski definition) is 2. The highest BCUT2D eigenvalue weighted by molar-refractivity contribution is 9.10. The molecule has 16 heavy (non-hydrogen) atoms. The van der Waals surface area contributed by atoms with Gasteiger partial charge in [0.25, 0.3) is 0 Å². The number of nitrogens with one attached hydrogen (secondary N) is 1. The zero-order valence-corrected chi connectivity index (χ0v) is 11.0. The molecule has 1 N–H and O–H groups in total. The summed E-state index contributed by atoms with van der Waals surface area (Å²) < 4.78 is 1.03. The molecule has 0 saturated carbocycles. The normalized spacial score (nSPS) is 10.2. The predicted molar refractivity (Wildman–Crippen MR) is 71.4 cm³/mol. The lowest BCUT2D eigenvalue weighted by molar-refractivity contribution is 1.29. The van der Waals surface area contributed by atoms with Gasteiger partial charge in [-0.05, 0) is 36.8 Å². The number of pyridine rings is 1. The lowest BCUT2D eigenvalue weighted by Gasteiger charge is -2.09. The summed E-state index contributed by atoms with van der Waals surface area (Å²) >= 11 is 9.26. The molecule has 1 heterocycles. The summed E-state index contributed by atoms with van der Waals surface area (Å²) in [4.78, 5) is 4.18. The van der Waals surface area contributed by atoms with Crippen LogP contribution in [0.4, 0.5) is 11.5 Å². The van der Waals surface area contributed by atoms with Gasteiger partial charge in [0, 0.05) is 10.2 Å². The Bertz CT molecular complexity index is 514. The molecule has 0 bridgehead atoms. The van der Waals surface area contributed by atoms with E-state index < -0.39 is 0 Å². The summed E-state index contributed by atoms with van der Waals surface area (Å²) in [6, 6.07) is 11.6. The molecule has 0 amide bonds. The van der Waals surface area contributed by atoms with Gasteiger partial charge in [-0.25, -0.2) is 4.98 Å². The smallest absolute Gasteiger partial charge is 0.132 e. The minimum atomic E-state index is 0.484. The number of rotatable bonds is 2. The molecule has 2 nitrogen and oxygen atoms in total. The number of anilines is 2.